The van der Waals surface area contributed by atoms with E-state index in [-0.39, 0.29) is 11.6 Å². The van der Waals surface area contributed by atoms with E-state index in [1.54, 1.807) is 23.7 Å². The standard InChI is InChI=1S/C18H24ClN3O2/c1-5-14-6-8-15(9-7-14)12-22(10-11-24-4)18(23)17-16(19)13(2)21(3)20-17/h6-9H,5,10-12H2,1-4H3. The Labute approximate surface area is 148 Å². The number of aryl methyl sites for hydroxylation is 2. The molecule has 1 aromatic heterocycles. The fourth-order valence-electron chi connectivity index (χ4n) is 2.42. The van der Waals surface area contributed by atoms with Crippen molar-refractivity contribution < 1.29 is 9.53 Å². The number of benzene rings is 1. The molecule has 2 aromatic rings. The molecule has 0 aliphatic rings. The molecule has 0 aliphatic carbocycles. The van der Waals surface area contributed by atoms with E-state index in [2.05, 4.69) is 36.3 Å². The molecule has 0 unspecified atom stereocenters. The highest BCUT2D eigenvalue weighted by Gasteiger charge is 2.23. The number of ether oxygens (including phenoxy) is 1. The summed E-state index contributed by atoms with van der Waals surface area (Å²) in [6.45, 7) is 5.40. The zero-order chi connectivity index (χ0) is 17.7. The van der Waals surface area contributed by atoms with E-state index in [1.807, 2.05) is 6.92 Å². The number of amides is 1. The van der Waals surface area contributed by atoms with E-state index in [4.69, 9.17) is 16.3 Å². The van der Waals surface area contributed by atoms with Gasteiger partial charge in [0.15, 0.2) is 5.69 Å². The summed E-state index contributed by atoms with van der Waals surface area (Å²) < 4.78 is 6.76. The smallest absolute Gasteiger partial charge is 0.276 e. The summed E-state index contributed by atoms with van der Waals surface area (Å²) in [6, 6.07) is 8.28. The zero-order valence-electron chi connectivity index (χ0n) is 14.7. The summed E-state index contributed by atoms with van der Waals surface area (Å²) in [5, 5.41) is 4.67. The maximum absolute atomic E-state index is 12.9. The molecule has 1 aromatic carbocycles. The van der Waals surface area contributed by atoms with Crippen LogP contribution in [0.4, 0.5) is 0 Å². The van der Waals surface area contributed by atoms with Crippen LogP contribution in [0.2, 0.25) is 5.02 Å². The van der Waals surface area contributed by atoms with Crippen molar-refractivity contribution in [3.63, 3.8) is 0 Å². The van der Waals surface area contributed by atoms with Gasteiger partial charge in [-0.15, -0.1) is 0 Å². The Balaban J connectivity index is 2.22. The molecule has 0 saturated heterocycles. The predicted octanol–water partition coefficient (Wildman–Crippen LogP) is 3.23. The second-order valence-electron chi connectivity index (χ2n) is 5.76. The van der Waals surface area contributed by atoms with Crippen molar-refractivity contribution in [1.29, 1.82) is 0 Å². The molecule has 0 fully saturated rings. The van der Waals surface area contributed by atoms with Crippen LogP contribution in [-0.2, 0) is 24.8 Å². The van der Waals surface area contributed by atoms with Crippen LogP contribution in [0.15, 0.2) is 24.3 Å². The SMILES string of the molecule is CCc1ccc(CN(CCOC)C(=O)c2nn(C)c(C)c2Cl)cc1. The molecule has 0 radical (unpaired) electrons. The number of carbonyl (C=O) groups is 1. The Kier molecular flexibility index (Phi) is 6.40. The van der Waals surface area contributed by atoms with Crippen molar-refractivity contribution in [1.82, 2.24) is 14.7 Å². The molecule has 2 rings (SSSR count). The first-order valence-electron chi connectivity index (χ1n) is 8.03. The Hall–Kier alpha value is -1.85. The lowest BCUT2D eigenvalue weighted by Crippen LogP contribution is -2.34. The molecule has 0 N–H and O–H groups in total. The predicted molar refractivity (Wildman–Crippen MR) is 95.4 cm³/mol. The van der Waals surface area contributed by atoms with Crippen LogP contribution in [0.1, 0.15) is 34.2 Å². The molecule has 0 spiro atoms. The van der Waals surface area contributed by atoms with Crippen molar-refractivity contribution in [2.75, 3.05) is 20.3 Å². The molecule has 5 nitrogen and oxygen atoms in total. The molecule has 0 atom stereocenters. The lowest BCUT2D eigenvalue weighted by Gasteiger charge is -2.22. The summed E-state index contributed by atoms with van der Waals surface area (Å²) in [5.41, 5.74) is 3.41. The van der Waals surface area contributed by atoms with Crippen molar-refractivity contribution in [2.45, 2.75) is 26.8 Å². The molecule has 0 aliphatic heterocycles. The van der Waals surface area contributed by atoms with Gasteiger partial charge in [0.2, 0.25) is 0 Å². The number of nitrogens with zero attached hydrogens (tertiary/aromatic N) is 3. The van der Waals surface area contributed by atoms with Gasteiger partial charge in [0, 0.05) is 27.2 Å². The quantitative estimate of drug-likeness (QED) is 0.771. The number of aromatic nitrogens is 2. The maximum atomic E-state index is 12.9. The zero-order valence-corrected chi connectivity index (χ0v) is 15.4. The monoisotopic (exact) mass is 349 g/mol. The summed E-state index contributed by atoms with van der Waals surface area (Å²) in [7, 11) is 3.40. The molecule has 0 bridgehead atoms. The summed E-state index contributed by atoms with van der Waals surface area (Å²) >= 11 is 6.27. The molecule has 6 heteroatoms. The molecule has 1 amide bonds. The molecule has 24 heavy (non-hydrogen) atoms. The second-order valence-corrected chi connectivity index (χ2v) is 6.14. The Bertz CT molecular complexity index is 695. The molecular formula is C18H24ClN3O2. The van der Waals surface area contributed by atoms with E-state index in [0.717, 1.165) is 17.7 Å². The van der Waals surface area contributed by atoms with Gasteiger partial charge in [-0.05, 0) is 24.5 Å². The van der Waals surface area contributed by atoms with Crippen LogP contribution in [0.25, 0.3) is 0 Å². The van der Waals surface area contributed by atoms with Gasteiger partial charge in [0.25, 0.3) is 5.91 Å². The Morgan fingerprint density at radius 2 is 1.92 bits per heavy atom. The van der Waals surface area contributed by atoms with Crippen molar-refractivity contribution >= 4 is 17.5 Å². The van der Waals surface area contributed by atoms with Gasteiger partial charge >= 0.3 is 0 Å². The summed E-state index contributed by atoms with van der Waals surface area (Å²) in [6.07, 6.45) is 0.995. The number of halogens is 1. The van der Waals surface area contributed by atoms with Gasteiger partial charge in [-0.2, -0.15) is 5.10 Å². The average Bonchev–Trinajstić information content (AvgIpc) is 2.86. The fourth-order valence-corrected chi connectivity index (χ4v) is 2.66. The number of carbonyl (C=O) groups excluding carboxylic acids is 1. The molecule has 1 heterocycles. The van der Waals surface area contributed by atoms with Crippen LogP contribution in [0, 0.1) is 6.92 Å². The molecular weight excluding hydrogens is 326 g/mol. The normalized spacial score (nSPS) is 10.9. The first-order chi connectivity index (χ1) is 11.5. The first-order valence-corrected chi connectivity index (χ1v) is 8.40. The van der Waals surface area contributed by atoms with E-state index in [1.165, 1.54) is 5.56 Å². The van der Waals surface area contributed by atoms with Gasteiger partial charge in [-0.1, -0.05) is 42.8 Å². The topological polar surface area (TPSA) is 47.4 Å². The lowest BCUT2D eigenvalue weighted by molar-refractivity contribution is 0.0674. The number of methoxy groups -OCH3 is 1. The number of rotatable bonds is 7. The van der Waals surface area contributed by atoms with E-state index < -0.39 is 0 Å². The van der Waals surface area contributed by atoms with Crippen LogP contribution in [0.3, 0.4) is 0 Å². The lowest BCUT2D eigenvalue weighted by atomic mass is 10.1. The Morgan fingerprint density at radius 1 is 1.29 bits per heavy atom. The van der Waals surface area contributed by atoms with Gasteiger partial charge < -0.3 is 9.64 Å². The van der Waals surface area contributed by atoms with Gasteiger partial charge in [-0.25, -0.2) is 0 Å². The van der Waals surface area contributed by atoms with Crippen LogP contribution in [-0.4, -0.2) is 40.8 Å². The third-order valence-electron chi connectivity index (χ3n) is 4.12. The van der Waals surface area contributed by atoms with Gasteiger partial charge in [-0.3, -0.25) is 9.48 Å². The summed E-state index contributed by atoms with van der Waals surface area (Å²) in [4.78, 5) is 14.6. The second kappa shape index (κ2) is 8.31. The highest BCUT2D eigenvalue weighted by Crippen LogP contribution is 2.21. The number of hydrogen-bond acceptors (Lipinski definition) is 3. The van der Waals surface area contributed by atoms with E-state index in [9.17, 15) is 4.79 Å². The third kappa shape index (κ3) is 4.16. The highest BCUT2D eigenvalue weighted by atomic mass is 35.5. The van der Waals surface area contributed by atoms with E-state index >= 15 is 0 Å². The minimum Gasteiger partial charge on any atom is -0.383 e. The van der Waals surface area contributed by atoms with E-state index in [0.29, 0.717) is 24.7 Å². The molecule has 130 valence electrons. The van der Waals surface area contributed by atoms with Crippen molar-refractivity contribution in [2.24, 2.45) is 7.05 Å². The third-order valence-corrected chi connectivity index (χ3v) is 4.57. The van der Waals surface area contributed by atoms with Crippen LogP contribution >= 0.6 is 11.6 Å². The van der Waals surface area contributed by atoms with Crippen LogP contribution < -0.4 is 0 Å². The van der Waals surface area contributed by atoms with Gasteiger partial charge in [0.05, 0.1) is 17.3 Å². The van der Waals surface area contributed by atoms with Crippen molar-refractivity contribution in [3.05, 3.63) is 51.8 Å². The first kappa shape index (κ1) is 18.5. The largest absolute Gasteiger partial charge is 0.383 e. The van der Waals surface area contributed by atoms with Crippen molar-refractivity contribution in [3.8, 4) is 0 Å². The molecule has 0 saturated carbocycles. The average molecular weight is 350 g/mol. The maximum Gasteiger partial charge on any atom is 0.276 e. The minimum atomic E-state index is -0.180. The highest BCUT2D eigenvalue weighted by molar-refractivity contribution is 6.34. The minimum absolute atomic E-state index is 0.180. The fraction of sp³-hybridized carbons (Fsp3) is 0.444. The Morgan fingerprint density at radius 3 is 2.42 bits per heavy atom. The summed E-state index contributed by atoms with van der Waals surface area (Å²) in [5.74, 6) is -0.180. The van der Waals surface area contributed by atoms with Crippen LogP contribution in [0.5, 0.6) is 0 Å². The van der Waals surface area contributed by atoms with Gasteiger partial charge in [0.1, 0.15) is 0 Å². The number of hydrogen-bond donors (Lipinski definition) is 0.